The number of ether oxygens (including phenoxy) is 2. The summed E-state index contributed by atoms with van der Waals surface area (Å²) in [4.78, 5) is 15.3. The summed E-state index contributed by atoms with van der Waals surface area (Å²) < 4.78 is 11.0. The molecule has 1 aliphatic heterocycles. The number of likely N-dealkylation sites (N-methyl/N-ethyl adjacent to an activating group) is 1. The average Bonchev–Trinajstić information content (AvgIpc) is 3.43. The molecule has 2 aliphatic carbocycles. The summed E-state index contributed by atoms with van der Waals surface area (Å²) in [6.07, 6.45) is 7.56. The van der Waals surface area contributed by atoms with E-state index < -0.39 is 0 Å². The molecule has 3 aliphatic rings. The maximum Gasteiger partial charge on any atom is 0.319 e. The Balaban J connectivity index is 1.28. The third kappa shape index (κ3) is 4.05. The second-order valence-electron chi connectivity index (χ2n) is 9.88. The van der Waals surface area contributed by atoms with Crippen molar-refractivity contribution in [2.45, 2.75) is 62.4 Å². The molecule has 0 radical (unpaired) electrons. The fraction of sp³-hybridized carbons (Fsp3) is 0.519. The van der Waals surface area contributed by atoms with Crippen LogP contribution in [-0.2, 0) is 18.3 Å². The summed E-state index contributed by atoms with van der Waals surface area (Å²) in [7, 11) is 5.57. The van der Waals surface area contributed by atoms with Gasteiger partial charge in [0.1, 0.15) is 0 Å². The zero-order chi connectivity index (χ0) is 23.0. The predicted octanol–water partition coefficient (Wildman–Crippen LogP) is 4.51. The molecule has 2 aromatic carbocycles. The first kappa shape index (κ1) is 22.1. The number of nitrogens with one attached hydrogen (secondary N) is 2. The molecule has 6 nitrogen and oxygen atoms in total. The molecule has 0 bridgehead atoms. The van der Waals surface area contributed by atoms with Gasteiger partial charge in [0.2, 0.25) is 0 Å². The number of hydrogen-bond donors (Lipinski definition) is 2. The van der Waals surface area contributed by atoms with E-state index in [1.165, 1.54) is 23.1 Å². The van der Waals surface area contributed by atoms with Crippen molar-refractivity contribution in [1.29, 1.82) is 0 Å². The third-order valence-corrected chi connectivity index (χ3v) is 8.18. The number of methoxy groups -OCH3 is 2. The largest absolute Gasteiger partial charge is 0.493 e. The van der Waals surface area contributed by atoms with Gasteiger partial charge in [-0.15, -0.1) is 0 Å². The van der Waals surface area contributed by atoms with Crippen molar-refractivity contribution in [2.24, 2.45) is 0 Å². The fourth-order valence-corrected chi connectivity index (χ4v) is 6.40. The Morgan fingerprint density at radius 3 is 2.67 bits per heavy atom. The molecular weight excluding hydrogens is 414 g/mol. The number of hydrogen-bond acceptors (Lipinski definition) is 4. The van der Waals surface area contributed by atoms with Gasteiger partial charge in [0.25, 0.3) is 0 Å². The van der Waals surface area contributed by atoms with Crippen molar-refractivity contribution >= 4 is 11.7 Å². The van der Waals surface area contributed by atoms with Crippen molar-refractivity contribution in [1.82, 2.24) is 10.2 Å². The van der Waals surface area contributed by atoms with Gasteiger partial charge in [0.05, 0.1) is 14.2 Å². The Hall–Kier alpha value is -2.73. The van der Waals surface area contributed by atoms with Crippen LogP contribution in [0.4, 0.5) is 10.5 Å². The van der Waals surface area contributed by atoms with Crippen LogP contribution in [-0.4, -0.2) is 50.8 Å². The lowest BCUT2D eigenvalue weighted by molar-refractivity contribution is 0.156. The highest BCUT2D eigenvalue weighted by Gasteiger charge is 2.50. The zero-order valence-corrected chi connectivity index (χ0v) is 19.9. The van der Waals surface area contributed by atoms with Gasteiger partial charge in [-0.3, -0.25) is 0 Å². The Bertz CT molecular complexity index is 1040. The van der Waals surface area contributed by atoms with E-state index in [-0.39, 0.29) is 17.5 Å². The third-order valence-electron chi connectivity index (χ3n) is 8.18. The lowest BCUT2D eigenvalue weighted by Gasteiger charge is -2.45. The Labute approximate surface area is 196 Å². The molecular formula is C27H35N3O3. The molecule has 1 saturated carbocycles. The van der Waals surface area contributed by atoms with Gasteiger partial charge in [0, 0.05) is 23.2 Å². The predicted molar refractivity (Wildman–Crippen MR) is 131 cm³/mol. The first-order valence-electron chi connectivity index (χ1n) is 12.1. The van der Waals surface area contributed by atoms with Crippen LogP contribution in [0.15, 0.2) is 36.4 Å². The number of carbonyl (C=O) groups excluding carboxylic acids is 1. The highest BCUT2D eigenvalue weighted by atomic mass is 16.5. The van der Waals surface area contributed by atoms with Crippen LogP contribution in [0.2, 0.25) is 0 Å². The lowest BCUT2D eigenvalue weighted by atomic mass is 9.65. The molecule has 1 heterocycles. The molecule has 2 fully saturated rings. The molecule has 1 saturated heterocycles. The first-order chi connectivity index (χ1) is 16.0. The quantitative estimate of drug-likeness (QED) is 0.705. The van der Waals surface area contributed by atoms with E-state index in [9.17, 15) is 4.79 Å². The molecule has 2 aromatic rings. The van der Waals surface area contributed by atoms with Gasteiger partial charge in [-0.05, 0) is 99.5 Å². The van der Waals surface area contributed by atoms with Crippen LogP contribution in [0.1, 0.15) is 48.8 Å². The smallest absolute Gasteiger partial charge is 0.319 e. The van der Waals surface area contributed by atoms with Gasteiger partial charge >= 0.3 is 6.03 Å². The second kappa shape index (κ2) is 8.90. The molecule has 2 N–H and O–H groups in total. The lowest BCUT2D eigenvalue weighted by Crippen LogP contribution is -2.52. The van der Waals surface area contributed by atoms with Gasteiger partial charge in [-0.2, -0.15) is 0 Å². The minimum absolute atomic E-state index is 0.0863. The highest BCUT2D eigenvalue weighted by molar-refractivity contribution is 5.89. The minimum atomic E-state index is -0.0998. The van der Waals surface area contributed by atoms with Crippen LogP contribution in [0.3, 0.4) is 0 Å². The summed E-state index contributed by atoms with van der Waals surface area (Å²) in [6.45, 7) is 1.06. The summed E-state index contributed by atoms with van der Waals surface area (Å²) in [5.74, 6) is 1.55. The number of rotatable bonds is 5. The summed E-state index contributed by atoms with van der Waals surface area (Å²) in [6, 6.07) is 13.1. The average molecular weight is 450 g/mol. The topological polar surface area (TPSA) is 62.8 Å². The van der Waals surface area contributed by atoms with E-state index in [2.05, 4.69) is 46.8 Å². The monoisotopic (exact) mass is 449 g/mol. The molecule has 33 heavy (non-hydrogen) atoms. The normalized spacial score (nSPS) is 26.4. The first-order valence-corrected chi connectivity index (χ1v) is 12.1. The molecule has 0 spiro atoms. The molecule has 5 rings (SSSR count). The second-order valence-corrected chi connectivity index (χ2v) is 9.88. The van der Waals surface area contributed by atoms with E-state index in [0.29, 0.717) is 6.04 Å². The van der Waals surface area contributed by atoms with Gasteiger partial charge < -0.3 is 25.0 Å². The van der Waals surface area contributed by atoms with Crippen LogP contribution in [0, 0.1) is 0 Å². The van der Waals surface area contributed by atoms with Crippen LogP contribution in [0.5, 0.6) is 11.5 Å². The summed E-state index contributed by atoms with van der Waals surface area (Å²) in [5.41, 5.74) is 5.09. The zero-order valence-electron chi connectivity index (χ0n) is 19.9. The Morgan fingerprint density at radius 2 is 1.85 bits per heavy atom. The van der Waals surface area contributed by atoms with Gasteiger partial charge in [-0.1, -0.05) is 12.1 Å². The molecule has 0 aromatic heterocycles. The highest BCUT2D eigenvalue weighted by Crippen LogP contribution is 2.49. The summed E-state index contributed by atoms with van der Waals surface area (Å²) >= 11 is 0. The molecule has 3 atom stereocenters. The Kier molecular flexibility index (Phi) is 5.95. The number of anilines is 1. The number of fused-ring (bicyclic) bond motifs is 2. The van der Waals surface area contributed by atoms with Crippen LogP contribution < -0.4 is 20.1 Å². The fourth-order valence-electron chi connectivity index (χ4n) is 6.40. The van der Waals surface area contributed by atoms with E-state index in [0.717, 1.165) is 62.3 Å². The molecule has 2 amide bonds. The number of nitrogens with zero attached hydrogens (tertiary/aromatic N) is 1. The molecule has 3 unspecified atom stereocenters. The van der Waals surface area contributed by atoms with Crippen LogP contribution >= 0.6 is 0 Å². The van der Waals surface area contributed by atoms with E-state index in [4.69, 9.17) is 9.47 Å². The van der Waals surface area contributed by atoms with Crippen molar-refractivity contribution in [3.8, 4) is 11.5 Å². The number of aryl methyl sites for hydroxylation is 2. The van der Waals surface area contributed by atoms with Crippen molar-refractivity contribution in [3.05, 3.63) is 53.1 Å². The SMILES string of the molecule is COc1ccc(C23CCC(NC(=O)Nc4ccc5c(c4)CCC5)CC2N(C)CC3)cc1OC. The number of amides is 2. The van der Waals surface area contributed by atoms with E-state index >= 15 is 0 Å². The van der Waals surface area contributed by atoms with E-state index in [1.807, 2.05) is 12.1 Å². The number of carbonyl (C=O) groups is 1. The number of urea groups is 1. The van der Waals surface area contributed by atoms with Gasteiger partial charge in [-0.25, -0.2) is 4.79 Å². The Morgan fingerprint density at radius 1 is 1.03 bits per heavy atom. The number of benzene rings is 2. The summed E-state index contributed by atoms with van der Waals surface area (Å²) in [5, 5.41) is 6.32. The molecule has 176 valence electrons. The van der Waals surface area contributed by atoms with Crippen molar-refractivity contribution in [3.63, 3.8) is 0 Å². The minimum Gasteiger partial charge on any atom is -0.493 e. The van der Waals surface area contributed by atoms with Crippen molar-refractivity contribution < 1.29 is 14.3 Å². The van der Waals surface area contributed by atoms with Gasteiger partial charge in [0.15, 0.2) is 11.5 Å². The molecule has 6 heteroatoms. The van der Waals surface area contributed by atoms with Crippen molar-refractivity contribution in [2.75, 3.05) is 33.1 Å². The number of likely N-dealkylation sites (tertiary alicyclic amines) is 1. The maximum atomic E-state index is 12.8. The standard InChI is InChI=1S/C27H35N3O3/c1-30-14-13-27(20-8-10-23(32-2)24(16-20)33-3)12-11-22(17-25(27)30)29-26(31)28-21-9-7-18-5-4-6-19(18)15-21/h7-10,15-16,22,25H,4-6,11-14,17H2,1-3H3,(H2,28,29,31). The van der Waals surface area contributed by atoms with E-state index in [1.54, 1.807) is 14.2 Å². The maximum absolute atomic E-state index is 12.8. The van der Waals surface area contributed by atoms with Crippen LogP contribution in [0.25, 0.3) is 0 Å².